The molecular weight excluding hydrogens is 210 g/mol. The molecule has 0 aromatic heterocycles. The van der Waals surface area contributed by atoms with E-state index in [0.717, 1.165) is 23.8 Å². The van der Waals surface area contributed by atoms with Crippen molar-refractivity contribution in [2.24, 2.45) is 0 Å². The third-order valence-corrected chi connectivity index (χ3v) is 3.07. The van der Waals surface area contributed by atoms with Gasteiger partial charge >= 0.3 is 0 Å². The number of halogens is 1. The number of benzene rings is 1. The summed E-state index contributed by atoms with van der Waals surface area (Å²) in [5.41, 5.74) is 2.38. The van der Waals surface area contributed by atoms with Crippen LogP contribution < -0.4 is 4.90 Å². The summed E-state index contributed by atoms with van der Waals surface area (Å²) in [7, 11) is 0. The smallest absolute Gasteiger partial charge is 0.136 e. The number of Topliss-reactive ketones (excluding diaryl/α,β-unsaturated/α-hetero) is 1. The minimum Gasteiger partial charge on any atom is -0.370 e. The highest BCUT2D eigenvalue weighted by Crippen LogP contribution is 2.26. The summed E-state index contributed by atoms with van der Waals surface area (Å²) >= 11 is 5.97. The van der Waals surface area contributed by atoms with E-state index in [9.17, 15) is 4.79 Å². The Balaban J connectivity index is 2.21. The Morgan fingerprint density at radius 3 is 2.60 bits per heavy atom. The van der Waals surface area contributed by atoms with Crippen LogP contribution in [0.5, 0.6) is 0 Å². The molecule has 1 aromatic carbocycles. The van der Waals surface area contributed by atoms with Crippen LogP contribution in [0.2, 0.25) is 5.02 Å². The predicted octanol–water partition coefficient (Wildman–Crippen LogP) is 2.82. The van der Waals surface area contributed by atoms with Gasteiger partial charge in [0.1, 0.15) is 5.78 Å². The van der Waals surface area contributed by atoms with E-state index in [-0.39, 0.29) is 0 Å². The van der Waals surface area contributed by atoms with Gasteiger partial charge in [-0.05, 0) is 24.6 Å². The molecule has 2 nitrogen and oxygen atoms in total. The Kier molecular flexibility index (Phi) is 2.96. The fourth-order valence-corrected chi connectivity index (χ4v) is 2.09. The summed E-state index contributed by atoms with van der Waals surface area (Å²) in [6, 6.07) is 5.90. The molecule has 0 N–H and O–H groups in total. The minimum absolute atomic E-state index is 0.367. The minimum atomic E-state index is 0.367. The number of carbonyl (C=O) groups excluding carboxylic acids is 1. The highest BCUT2D eigenvalue weighted by atomic mass is 35.5. The lowest BCUT2D eigenvalue weighted by atomic mass is 10.1. The molecule has 1 heterocycles. The number of aryl methyl sites for hydroxylation is 1. The third-order valence-electron chi connectivity index (χ3n) is 2.83. The molecule has 0 atom stereocenters. The molecule has 1 aliphatic heterocycles. The second-order valence-electron chi connectivity index (χ2n) is 3.96. The first kappa shape index (κ1) is 10.5. The van der Waals surface area contributed by atoms with Crippen LogP contribution in [0.25, 0.3) is 0 Å². The lowest BCUT2D eigenvalue weighted by Gasteiger charge is -2.29. The number of nitrogens with zero attached hydrogens (tertiary/aromatic N) is 1. The average Bonchev–Trinajstić information content (AvgIpc) is 2.23. The highest BCUT2D eigenvalue weighted by molar-refractivity contribution is 6.30. The summed E-state index contributed by atoms with van der Waals surface area (Å²) in [6.45, 7) is 3.71. The van der Waals surface area contributed by atoms with Crippen LogP contribution in [0.15, 0.2) is 18.2 Å². The summed E-state index contributed by atoms with van der Waals surface area (Å²) in [4.78, 5) is 13.4. The number of hydrogen-bond acceptors (Lipinski definition) is 2. The van der Waals surface area contributed by atoms with Crippen LogP contribution in [0.4, 0.5) is 5.69 Å². The van der Waals surface area contributed by atoms with Crippen molar-refractivity contribution in [3.8, 4) is 0 Å². The Labute approximate surface area is 94.8 Å². The number of anilines is 1. The van der Waals surface area contributed by atoms with Gasteiger partial charge in [0.15, 0.2) is 0 Å². The largest absolute Gasteiger partial charge is 0.370 e. The Bertz CT molecular complexity index is 379. The molecule has 0 aliphatic carbocycles. The zero-order valence-corrected chi connectivity index (χ0v) is 9.55. The Morgan fingerprint density at radius 1 is 1.27 bits per heavy atom. The fraction of sp³-hybridized carbons (Fsp3) is 0.417. The van der Waals surface area contributed by atoms with E-state index in [0.29, 0.717) is 18.6 Å². The van der Waals surface area contributed by atoms with Crippen LogP contribution in [0.1, 0.15) is 18.4 Å². The number of carbonyl (C=O) groups is 1. The monoisotopic (exact) mass is 223 g/mol. The van der Waals surface area contributed by atoms with Crippen molar-refractivity contribution in [1.82, 2.24) is 0 Å². The molecule has 0 saturated carbocycles. The maximum Gasteiger partial charge on any atom is 0.136 e. The Hall–Kier alpha value is -1.02. The molecule has 0 bridgehead atoms. The Morgan fingerprint density at radius 2 is 1.93 bits per heavy atom. The molecule has 0 unspecified atom stereocenters. The maximum atomic E-state index is 11.1. The van der Waals surface area contributed by atoms with Gasteiger partial charge in [-0.15, -0.1) is 0 Å². The van der Waals surface area contributed by atoms with Crippen LogP contribution in [-0.2, 0) is 4.79 Å². The lowest BCUT2D eigenvalue weighted by molar-refractivity contribution is -0.119. The van der Waals surface area contributed by atoms with E-state index in [4.69, 9.17) is 11.6 Å². The second kappa shape index (κ2) is 4.23. The van der Waals surface area contributed by atoms with Gasteiger partial charge in [0.2, 0.25) is 0 Å². The molecule has 0 spiro atoms. The van der Waals surface area contributed by atoms with E-state index in [2.05, 4.69) is 11.8 Å². The van der Waals surface area contributed by atoms with Crippen LogP contribution >= 0.6 is 11.6 Å². The summed E-state index contributed by atoms with van der Waals surface area (Å²) in [5, 5.41) is 0.757. The lowest BCUT2D eigenvalue weighted by Crippen LogP contribution is -2.34. The van der Waals surface area contributed by atoms with Gasteiger partial charge in [-0.1, -0.05) is 17.7 Å². The van der Waals surface area contributed by atoms with Gasteiger partial charge in [0, 0.05) is 36.6 Å². The van der Waals surface area contributed by atoms with Gasteiger partial charge in [-0.25, -0.2) is 0 Å². The SMILES string of the molecule is Cc1ccc(Cl)cc1N1CCC(=O)CC1. The average molecular weight is 224 g/mol. The number of rotatable bonds is 1. The predicted molar refractivity (Wildman–Crippen MR) is 62.6 cm³/mol. The molecule has 1 saturated heterocycles. The molecule has 1 aliphatic rings. The first-order valence-electron chi connectivity index (χ1n) is 5.19. The maximum absolute atomic E-state index is 11.1. The summed E-state index contributed by atoms with van der Waals surface area (Å²) in [6.07, 6.45) is 1.32. The molecule has 3 heteroatoms. The van der Waals surface area contributed by atoms with Crippen molar-refractivity contribution in [3.63, 3.8) is 0 Å². The van der Waals surface area contributed by atoms with Crippen LogP contribution in [0.3, 0.4) is 0 Å². The van der Waals surface area contributed by atoms with E-state index in [1.54, 1.807) is 0 Å². The van der Waals surface area contributed by atoms with Crippen molar-refractivity contribution in [3.05, 3.63) is 28.8 Å². The molecule has 80 valence electrons. The summed E-state index contributed by atoms with van der Waals surface area (Å²) in [5.74, 6) is 0.367. The molecular formula is C12H14ClNO. The van der Waals surface area contributed by atoms with Gasteiger partial charge in [-0.3, -0.25) is 4.79 Å². The standard InChI is InChI=1S/C12H14ClNO/c1-9-2-3-10(13)8-12(9)14-6-4-11(15)5-7-14/h2-3,8H,4-7H2,1H3. The third kappa shape index (κ3) is 2.32. The first-order chi connectivity index (χ1) is 7.16. The number of ketones is 1. The molecule has 2 rings (SSSR count). The van der Waals surface area contributed by atoms with Crippen LogP contribution in [0, 0.1) is 6.92 Å². The normalized spacial score (nSPS) is 16.9. The second-order valence-corrected chi connectivity index (χ2v) is 4.39. The molecule has 1 aromatic rings. The van der Waals surface area contributed by atoms with Crippen molar-refractivity contribution < 1.29 is 4.79 Å². The van der Waals surface area contributed by atoms with Gasteiger partial charge in [0.25, 0.3) is 0 Å². The van der Waals surface area contributed by atoms with Crippen molar-refractivity contribution in [1.29, 1.82) is 0 Å². The molecule has 0 radical (unpaired) electrons. The quantitative estimate of drug-likeness (QED) is 0.730. The van der Waals surface area contributed by atoms with Crippen molar-refractivity contribution in [2.75, 3.05) is 18.0 Å². The zero-order valence-electron chi connectivity index (χ0n) is 8.79. The topological polar surface area (TPSA) is 20.3 Å². The van der Waals surface area contributed by atoms with E-state index >= 15 is 0 Å². The zero-order chi connectivity index (χ0) is 10.8. The fourth-order valence-electron chi connectivity index (χ4n) is 1.92. The van der Waals surface area contributed by atoms with Gasteiger partial charge in [0.05, 0.1) is 0 Å². The van der Waals surface area contributed by atoms with E-state index < -0.39 is 0 Å². The molecule has 15 heavy (non-hydrogen) atoms. The number of hydrogen-bond donors (Lipinski definition) is 0. The van der Waals surface area contributed by atoms with Crippen molar-refractivity contribution >= 4 is 23.1 Å². The highest BCUT2D eigenvalue weighted by Gasteiger charge is 2.17. The van der Waals surface area contributed by atoms with Crippen molar-refractivity contribution in [2.45, 2.75) is 19.8 Å². The first-order valence-corrected chi connectivity index (χ1v) is 5.57. The van der Waals surface area contributed by atoms with Gasteiger partial charge < -0.3 is 4.90 Å². The molecule has 1 fully saturated rings. The number of piperidine rings is 1. The van der Waals surface area contributed by atoms with E-state index in [1.165, 1.54) is 5.56 Å². The molecule has 0 amide bonds. The van der Waals surface area contributed by atoms with Crippen LogP contribution in [-0.4, -0.2) is 18.9 Å². The summed E-state index contributed by atoms with van der Waals surface area (Å²) < 4.78 is 0. The van der Waals surface area contributed by atoms with E-state index in [1.807, 2.05) is 18.2 Å². The van der Waals surface area contributed by atoms with Gasteiger partial charge in [-0.2, -0.15) is 0 Å².